The number of aromatic nitrogens is 2. The maximum atomic E-state index is 12.8. The van der Waals surface area contributed by atoms with Crippen LogP contribution in [-0.4, -0.2) is 28.5 Å². The van der Waals surface area contributed by atoms with Crippen molar-refractivity contribution in [3.05, 3.63) is 47.0 Å². The largest absolute Gasteiger partial charge is 0.416 e. The summed E-state index contributed by atoms with van der Waals surface area (Å²) in [6, 6.07) is 4.98. The molecule has 0 radical (unpaired) electrons. The maximum Gasteiger partial charge on any atom is 0.416 e. The zero-order valence-corrected chi connectivity index (χ0v) is 12.4. The molecular weight excluding hydrogens is 293 g/mol. The van der Waals surface area contributed by atoms with Gasteiger partial charge in [0, 0.05) is 6.54 Å². The number of nitriles is 1. The van der Waals surface area contributed by atoms with Crippen LogP contribution in [0.2, 0.25) is 0 Å². The Hall–Kier alpha value is -2.33. The standard InChI is InChI=1S/C15H15F3N4/c1-10-14(8-21(2)3)22(9-20-10)13-5-4-12(15(16,17)18)6-11(13)7-19/h4-6,9H,8H2,1-3H3. The number of imidazole rings is 1. The first-order valence-electron chi connectivity index (χ1n) is 6.53. The van der Waals surface area contributed by atoms with E-state index >= 15 is 0 Å². The lowest BCUT2D eigenvalue weighted by atomic mass is 10.1. The molecule has 0 aliphatic rings. The van der Waals surface area contributed by atoms with Crippen LogP contribution in [0.4, 0.5) is 13.2 Å². The third kappa shape index (κ3) is 3.12. The Morgan fingerprint density at radius 3 is 2.55 bits per heavy atom. The van der Waals surface area contributed by atoms with Crippen molar-refractivity contribution in [1.82, 2.24) is 14.5 Å². The fraction of sp³-hybridized carbons (Fsp3) is 0.333. The molecule has 1 heterocycles. The minimum atomic E-state index is -4.47. The van der Waals surface area contributed by atoms with E-state index in [-0.39, 0.29) is 5.56 Å². The summed E-state index contributed by atoms with van der Waals surface area (Å²) in [6.45, 7) is 2.39. The lowest BCUT2D eigenvalue weighted by molar-refractivity contribution is -0.137. The van der Waals surface area contributed by atoms with Crippen molar-refractivity contribution in [2.75, 3.05) is 14.1 Å². The summed E-state index contributed by atoms with van der Waals surface area (Å²) in [4.78, 5) is 6.12. The Bertz CT molecular complexity index is 723. The molecule has 0 aliphatic heterocycles. The normalized spacial score (nSPS) is 11.7. The maximum absolute atomic E-state index is 12.8. The van der Waals surface area contributed by atoms with E-state index in [2.05, 4.69) is 4.98 Å². The van der Waals surface area contributed by atoms with Gasteiger partial charge in [-0.3, -0.25) is 0 Å². The van der Waals surface area contributed by atoms with E-state index in [1.807, 2.05) is 32.0 Å². The van der Waals surface area contributed by atoms with Gasteiger partial charge >= 0.3 is 6.18 Å². The molecule has 0 bridgehead atoms. The summed E-state index contributed by atoms with van der Waals surface area (Å²) in [5, 5.41) is 9.19. The van der Waals surface area contributed by atoms with E-state index in [1.165, 1.54) is 12.4 Å². The lowest BCUT2D eigenvalue weighted by Gasteiger charge is -2.15. The number of nitrogens with zero attached hydrogens (tertiary/aromatic N) is 4. The van der Waals surface area contributed by atoms with E-state index in [4.69, 9.17) is 0 Å². The van der Waals surface area contributed by atoms with Crippen molar-refractivity contribution in [1.29, 1.82) is 5.26 Å². The van der Waals surface area contributed by atoms with Crippen molar-refractivity contribution in [2.24, 2.45) is 0 Å². The highest BCUT2D eigenvalue weighted by Gasteiger charge is 2.31. The first-order chi connectivity index (χ1) is 10.2. The molecule has 0 saturated carbocycles. The molecule has 22 heavy (non-hydrogen) atoms. The lowest BCUT2D eigenvalue weighted by Crippen LogP contribution is -2.15. The van der Waals surface area contributed by atoms with Crippen LogP contribution >= 0.6 is 0 Å². The van der Waals surface area contributed by atoms with Crippen molar-refractivity contribution in [3.63, 3.8) is 0 Å². The van der Waals surface area contributed by atoms with Crippen LogP contribution in [0.1, 0.15) is 22.5 Å². The van der Waals surface area contributed by atoms with Crippen LogP contribution in [0.25, 0.3) is 5.69 Å². The Balaban J connectivity index is 2.57. The second kappa shape index (κ2) is 5.81. The summed E-state index contributed by atoms with van der Waals surface area (Å²) < 4.78 is 39.9. The predicted molar refractivity (Wildman–Crippen MR) is 75.4 cm³/mol. The van der Waals surface area contributed by atoms with Gasteiger partial charge < -0.3 is 9.47 Å². The number of rotatable bonds is 3. The van der Waals surface area contributed by atoms with E-state index in [0.29, 0.717) is 12.2 Å². The van der Waals surface area contributed by atoms with Gasteiger partial charge in [-0.1, -0.05) is 0 Å². The molecule has 0 atom stereocenters. The molecule has 0 N–H and O–H groups in total. The number of hydrogen-bond acceptors (Lipinski definition) is 3. The number of hydrogen-bond donors (Lipinski definition) is 0. The third-order valence-electron chi connectivity index (χ3n) is 3.25. The predicted octanol–water partition coefficient (Wildman–Crippen LogP) is 3.13. The van der Waals surface area contributed by atoms with Crippen LogP contribution in [0, 0.1) is 18.3 Å². The molecule has 0 unspecified atom stereocenters. The smallest absolute Gasteiger partial charge is 0.304 e. The Labute approximate surface area is 126 Å². The zero-order chi connectivity index (χ0) is 16.5. The van der Waals surface area contributed by atoms with Gasteiger partial charge in [0.05, 0.1) is 34.5 Å². The minimum Gasteiger partial charge on any atom is -0.304 e. The van der Waals surface area contributed by atoms with E-state index in [9.17, 15) is 18.4 Å². The van der Waals surface area contributed by atoms with Crippen molar-refractivity contribution in [2.45, 2.75) is 19.6 Å². The molecule has 0 amide bonds. The molecule has 4 nitrogen and oxygen atoms in total. The van der Waals surface area contributed by atoms with Crippen LogP contribution < -0.4 is 0 Å². The molecule has 2 rings (SSSR count). The van der Waals surface area contributed by atoms with Gasteiger partial charge in [-0.25, -0.2) is 4.98 Å². The Morgan fingerprint density at radius 1 is 1.32 bits per heavy atom. The van der Waals surface area contributed by atoms with Crippen LogP contribution in [0.3, 0.4) is 0 Å². The first-order valence-corrected chi connectivity index (χ1v) is 6.53. The summed E-state index contributed by atoms with van der Waals surface area (Å²) in [6.07, 6.45) is -2.95. The Kier molecular flexibility index (Phi) is 4.24. The SMILES string of the molecule is Cc1ncn(-c2ccc(C(F)(F)F)cc2C#N)c1CN(C)C. The van der Waals surface area contributed by atoms with Crippen molar-refractivity contribution < 1.29 is 13.2 Å². The minimum absolute atomic E-state index is 0.0350. The van der Waals surface area contributed by atoms with Gasteiger partial charge in [-0.2, -0.15) is 18.4 Å². The molecule has 116 valence electrons. The van der Waals surface area contributed by atoms with Crippen molar-refractivity contribution >= 4 is 0 Å². The average molecular weight is 308 g/mol. The average Bonchev–Trinajstić information content (AvgIpc) is 2.78. The number of aryl methyl sites for hydroxylation is 1. The highest BCUT2D eigenvalue weighted by Crippen LogP contribution is 2.31. The summed E-state index contributed by atoms with van der Waals surface area (Å²) in [5.74, 6) is 0. The molecule has 1 aromatic carbocycles. The van der Waals surface area contributed by atoms with E-state index < -0.39 is 11.7 Å². The van der Waals surface area contributed by atoms with Crippen LogP contribution in [0.5, 0.6) is 0 Å². The number of benzene rings is 1. The van der Waals surface area contributed by atoms with Gasteiger partial charge in [-0.05, 0) is 39.2 Å². The first kappa shape index (κ1) is 16.0. The molecule has 1 aromatic heterocycles. The number of halogens is 3. The topological polar surface area (TPSA) is 44.9 Å². The molecular formula is C15H15F3N4. The Morgan fingerprint density at radius 2 is 2.00 bits per heavy atom. The van der Waals surface area contributed by atoms with Crippen molar-refractivity contribution in [3.8, 4) is 11.8 Å². The molecule has 7 heteroatoms. The van der Waals surface area contributed by atoms with Gasteiger partial charge in [0.2, 0.25) is 0 Å². The fourth-order valence-corrected chi connectivity index (χ4v) is 2.17. The van der Waals surface area contributed by atoms with E-state index in [0.717, 1.165) is 23.5 Å². The zero-order valence-electron chi connectivity index (χ0n) is 12.4. The third-order valence-corrected chi connectivity index (χ3v) is 3.25. The molecule has 0 fully saturated rings. The molecule has 2 aromatic rings. The second-order valence-electron chi connectivity index (χ2n) is 5.23. The van der Waals surface area contributed by atoms with Gasteiger partial charge in [0.15, 0.2) is 0 Å². The highest BCUT2D eigenvalue weighted by atomic mass is 19.4. The fourth-order valence-electron chi connectivity index (χ4n) is 2.17. The molecule has 0 aliphatic carbocycles. The second-order valence-corrected chi connectivity index (χ2v) is 5.23. The van der Waals surface area contributed by atoms with Gasteiger partial charge in [0.25, 0.3) is 0 Å². The van der Waals surface area contributed by atoms with Gasteiger partial charge in [0.1, 0.15) is 6.07 Å². The molecule has 0 spiro atoms. The summed E-state index contributed by atoms with van der Waals surface area (Å²) in [7, 11) is 3.77. The summed E-state index contributed by atoms with van der Waals surface area (Å²) in [5.41, 5.74) is 1.14. The van der Waals surface area contributed by atoms with Crippen LogP contribution in [-0.2, 0) is 12.7 Å². The number of alkyl halides is 3. The molecule has 0 saturated heterocycles. The monoisotopic (exact) mass is 308 g/mol. The van der Waals surface area contributed by atoms with Crippen LogP contribution in [0.15, 0.2) is 24.5 Å². The van der Waals surface area contributed by atoms with E-state index in [1.54, 1.807) is 4.57 Å². The summed E-state index contributed by atoms with van der Waals surface area (Å²) >= 11 is 0. The quantitative estimate of drug-likeness (QED) is 0.875. The highest BCUT2D eigenvalue weighted by molar-refractivity contribution is 5.52. The van der Waals surface area contributed by atoms with Gasteiger partial charge in [-0.15, -0.1) is 0 Å².